The highest BCUT2D eigenvalue weighted by atomic mass is 16.5. The third kappa shape index (κ3) is 3.66. The Morgan fingerprint density at radius 2 is 1.74 bits per heavy atom. The van der Waals surface area contributed by atoms with Crippen LogP contribution in [0.4, 0.5) is 0 Å². The average Bonchev–Trinajstić information content (AvgIpc) is 2.48. The average molecular weight is 259 g/mol. The summed E-state index contributed by atoms with van der Waals surface area (Å²) in [6.07, 6.45) is 4.16. The van der Waals surface area contributed by atoms with Crippen LogP contribution in [-0.4, -0.2) is 30.2 Å². The van der Waals surface area contributed by atoms with Crippen LogP contribution in [0.3, 0.4) is 0 Å². The van der Waals surface area contributed by atoms with Gasteiger partial charge in [0.1, 0.15) is 5.75 Å². The Bertz CT molecular complexity index is 497. The van der Waals surface area contributed by atoms with E-state index in [2.05, 4.69) is 9.97 Å². The molecule has 5 nitrogen and oxygen atoms in total. The topological polar surface area (TPSA) is 70.3 Å². The van der Waals surface area contributed by atoms with E-state index in [-0.39, 0.29) is 0 Å². The third-order valence-electron chi connectivity index (χ3n) is 2.59. The van der Waals surface area contributed by atoms with Crippen molar-refractivity contribution in [1.29, 1.82) is 0 Å². The molecule has 0 aliphatic rings. The van der Waals surface area contributed by atoms with Crippen molar-refractivity contribution in [1.82, 2.24) is 9.97 Å². The molecule has 0 unspecified atom stereocenters. The summed E-state index contributed by atoms with van der Waals surface area (Å²) in [5, 5.41) is 0. The summed E-state index contributed by atoms with van der Waals surface area (Å²) in [7, 11) is 1.64. The van der Waals surface area contributed by atoms with Crippen LogP contribution in [0.2, 0.25) is 0 Å². The number of hydrogen-bond acceptors (Lipinski definition) is 5. The quantitative estimate of drug-likeness (QED) is 0.802. The first kappa shape index (κ1) is 13.3. The first-order chi connectivity index (χ1) is 9.33. The maximum atomic E-state index is 5.45. The zero-order valence-corrected chi connectivity index (χ0v) is 10.9. The second kappa shape index (κ2) is 6.70. The minimum absolute atomic E-state index is 0.585. The van der Waals surface area contributed by atoms with Crippen molar-refractivity contribution in [2.24, 2.45) is 5.73 Å². The Kier molecular flexibility index (Phi) is 4.69. The van der Waals surface area contributed by atoms with Gasteiger partial charge in [0.25, 0.3) is 0 Å². The van der Waals surface area contributed by atoms with Gasteiger partial charge in [-0.2, -0.15) is 0 Å². The van der Waals surface area contributed by atoms with Gasteiger partial charge in [0.15, 0.2) is 11.6 Å². The van der Waals surface area contributed by atoms with E-state index in [1.54, 1.807) is 19.5 Å². The molecule has 100 valence electrons. The standard InChI is InChI=1S/C14H17N3O2/c1-18-12-5-3-11(4-6-12)14-16-9-13(10-17-14)19-8-2-7-15/h3-6,9-10H,2,7-8,15H2,1H3. The molecular formula is C14H17N3O2. The molecule has 0 atom stereocenters. The van der Waals surface area contributed by atoms with Gasteiger partial charge in [0.05, 0.1) is 26.1 Å². The molecule has 2 N–H and O–H groups in total. The summed E-state index contributed by atoms with van der Waals surface area (Å²) in [6.45, 7) is 1.20. The maximum Gasteiger partial charge on any atom is 0.159 e. The molecule has 0 aliphatic heterocycles. The largest absolute Gasteiger partial charge is 0.497 e. The Morgan fingerprint density at radius 3 is 2.32 bits per heavy atom. The summed E-state index contributed by atoms with van der Waals surface area (Å²) in [5.74, 6) is 2.13. The van der Waals surface area contributed by atoms with Crippen LogP contribution in [0.5, 0.6) is 11.5 Å². The third-order valence-corrected chi connectivity index (χ3v) is 2.59. The van der Waals surface area contributed by atoms with Crippen LogP contribution >= 0.6 is 0 Å². The molecule has 2 aromatic rings. The molecule has 0 saturated heterocycles. The van der Waals surface area contributed by atoms with Crippen LogP contribution in [0, 0.1) is 0 Å². The van der Waals surface area contributed by atoms with Gasteiger partial charge in [-0.1, -0.05) is 0 Å². The lowest BCUT2D eigenvalue weighted by molar-refractivity contribution is 0.311. The molecule has 2 rings (SSSR count). The number of nitrogens with two attached hydrogens (primary N) is 1. The number of aromatic nitrogens is 2. The molecule has 0 saturated carbocycles. The summed E-state index contributed by atoms with van der Waals surface area (Å²) in [4.78, 5) is 8.55. The van der Waals surface area contributed by atoms with Gasteiger partial charge in [0.2, 0.25) is 0 Å². The van der Waals surface area contributed by atoms with Gasteiger partial charge in [-0.3, -0.25) is 0 Å². The van der Waals surface area contributed by atoms with Gasteiger partial charge in [-0.25, -0.2) is 9.97 Å². The van der Waals surface area contributed by atoms with Crippen molar-refractivity contribution < 1.29 is 9.47 Å². The van der Waals surface area contributed by atoms with Gasteiger partial charge < -0.3 is 15.2 Å². The van der Waals surface area contributed by atoms with Crippen LogP contribution in [-0.2, 0) is 0 Å². The zero-order chi connectivity index (χ0) is 13.5. The molecule has 0 bridgehead atoms. The fourth-order valence-corrected chi connectivity index (χ4v) is 1.55. The molecule has 1 aromatic carbocycles. The Hall–Kier alpha value is -2.14. The molecule has 0 amide bonds. The summed E-state index contributed by atoms with van der Waals surface area (Å²) in [5.41, 5.74) is 6.33. The van der Waals surface area contributed by atoms with E-state index in [0.29, 0.717) is 24.7 Å². The molecule has 0 radical (unpaired) electrons. The molecule has 5 heteroatoms. The Labute approximate surface area is 112 Å². The predicted molar refractivity (Wildman–Crippen MR) is 73.2 cm³/mol. The van der Waals surface area contributed by atoms with Crippen LogP contribution < -0.4 is 15.2 Å². The smallest absolute Gasteiger partial charge is 0.159 e. The van der Waals surface area contributed by atoms with E-state index in [9.17, 15) is 0 Å². The van der Waals surface area contributed by atoms with Gasteiger partial charge in [-0.15, -0.1) is 0 Å². The SMILES string of the molecule is COc1ccc(-c2ncc(OCCCN)cn2)cc1. The zero-order valence-electron chi connectivity index (χ0n) is 10.9. The highest BCUT2D eigenvalue weighted by Crippen LogP contribution is 2.19. The Morgan fingerprint density at radius 1 is 1.05 bits per heavy atom. The molecule has 1 aromatic heterocycles. The fourth-order valence-electron chi connectivity index (χ4n) is 1.55. The Balaban J connectivity index is 2.04. The lowest BCUT2D eigenvalue weighted by Crippen LogP contribution is -2.06. The predicted octanol–water partition coefficient (Wildman–Crippen LogP) is 1.88. The number of hydrogen-bond donors (Lipinski definition) is 1. The highest BCUT2D eigenvalue weighted by Gasteiger charge is 2.02. The molecule has 0 aliphatic carbocycles. The lowest BCUT2D eigenvalue weighted by atomic mass is 10.2. The second-order valence-electron chi connectivity index (χ2n) is 3.96. The van der Waals surface area contributed by atoms with Crippen molar-refractivity contribution in [3.8, 4) is 22.9 Å². The first-order valence-corrected chi connectivity index (χ1v) is 6.13. The van der Waals surface area contributed by atoms with E-state index < -0.39 is 0 Å². The molecule has 1 heterocycles. The van der Waals surface area contributed by atoms with Crippen LogP contribution in [0.15, 0.2) is 36.7 Å². The van der Waals surface area contributed by atoms with Gasteiger partial charge >= 0.3 is 0 Å². The lowest BCUT2D eigenvalue weighted by Gasteiger charge is -2.05. The first-order valence-electron chi connectivity index (χ1n) is 6.13. The summed E-state index contributed by atoms with van der Waals surface area (Å²) in [6, 6.07) is 7.60. The normalized spacial score (nSPS) is 10.2. The van der Waals surface area contributed by atoms with Crippen molar-refractivity contribution in [3.63, 3.8) is 0 Å². The molecule has 19 heavy (non-hydrogen) atoms. The number of methoxy groups -OCH3 is 1. The monoisotopic (exact) mass is 259 g/mol. The van der Waals surface area contributed by atoms with Crippen molar-refractivity contribution in [2.75, 3.05) is 20.3 Å². The number of rotatable bonds is 6. The number of ether oxygens (including phenoxy) is 2. The van der Waals surface area contributed by atoms with E-state index in [4.69, 9.17) is 15.2 Å². The van der Waals surface area contributed by atoms with Crippen LogP contribution in [0.25, 0.3) is 11.4 Å². The molecule has 0 fully saturated rings. The summed E-state index contributed by atoms with van der Waals surface area (Å²) >= 11 is 0. The van der Waals surface area contributed by atoms with E-state index in [1.165, 1.54) is 0 Å². The minimum atomic E-state index is 0.585. The van der Waals surface area contributed by atoms with Crippen molar-refractivity contribution in [3.05, 3.63) is 36.7 Å². The van der Waals surface area contributed by atoms with Gasteiger partial charge in [0, 0.05) is 5.56 Å². The second-order valence-corrected chi connectivity index (χ2v) is 3.96. The summed E-state index contributed by atoms with van der Waals surface area (Å²) < 4.78 is 10.6. The highest BCUT2D eigenvalue weighted by molar-refractivity contribution is 5.56. The van der Waals surface area contributed by atoms with Crippen molar-refractivity contribution in [2.45, 2.75) is 6.42 Å². The van der Waals surface area contributed by atoms with Crippen molar-refractivity contribution >= 4 is 0 Å². The minimum Gasteiger partial charge on any atom is -0.497 e. The fraction of sp³-hybridized carbons (Fsp3) is 0.286. The maximum absolute atomic E-state index is 5.45. The van der Waals surface area contributed by atoms with E-state index in [0.717, 1.165) is 17.7 Å². The van der Waals surface area contributed by atoms with Gasteiger partial charge in [-0.05, 0) is 37.2 Å². The number of nitrogens with zero attached hydrogens (tertiary/aromatic N) is 2. The number of benzene rings is 1. The molecular weight excluding hydrogens is 242 g/mol. The van der Waals surface area contributed by atoms with Crippen LogP contribution in [0.1, 0.15) is 6.42 Å². The van der Waals surface area contributed by atoms with E-state index in [1.807, 2.05) is 24.3 Å². The van der Waals surface area contributed by atoms with E-state index >= 15 is 0 Å². The molecule has 0 spiro atoms.